The molecular weight excluding hydrogens is 506 g/mol. The van der Waals surface area contributed by atoms with Gasteiger partial charge in [-0.15, -0.1) is 11.3 Å². The van der Waals surface area contributed by atoms with Crippen LogP contribution >= 0.6 is 11.3 Å². The van der Waals surface area contributed by atoms with Crippen LogP contribution in [-0.2, 0) is 14.3 Å². The van der Waals surface area contributed by atoms with Gasteiger partial charge >= 0.3 is 0 Å². The van der Waals surface area contributed by atoms with E-state index in [1.165, 1.54) is 11.3 Å². The molecule has 2 aromatic heterocycles. The van der Waals surface area contributed by atoms with E-state index in [-0.39, 0.29) is 43.1 Å². The van der Waals surface area contributed by atoms with Crippen LogP contribution in [0.5, 0.6) is 0 Å². The summed E-state index contributed by atoms with van der Waals surface area (Å²) in [6, 6.07) is 12.8. The summed E-state index contributed by atoms with van der Waals surface area (Å²) in [5.41, 5.74) is 2.64. The molecule has 0 saturated carbocycles. The number of anilines is 2. The zero-order chi connectivity index (χ0) is 26.6. The fourth-order valence-electron chi connectivity index (χ4n) is 4.75. The molecule has 4 atom stereocenters. The minimum absolute atomic E-state index is 0.129. The molecule has 4 heterocycles. The smallest absolute Gasteiger partial charge is 0.251 e. The van der Waals surface area contributed by atoms with Crippen molar-refractivity contribution in [2.75, 3.05) is 43.1 Å². The number of morpholine rings is 1. The predicted molar refractivity (Wildman–Crippen MR) is 145 cm³/mol. The average Bonchev–Trinajstić information content (AvgIpc) is 3.56. The van der Waals surface area contributed by atoms with E-state index >= 15 is 0 Å². The molecule has 0 aliphatic carbocycles. The van der Waals surface area contributed by atoms with Crippen LogP contribution in [0.25, 0.3) is 11.4 Å². The summed E-state index contributed by atoms with van der Waals surface area (Å²) in [5, 5.41) is 17.7. The van der Waals surface area contributed by atoms with Gasteiger partial charge in [0.05, 0.1) is 43.8 Å². The number of carbonyl (C=O) groups excluding carboxylic acids is 2. The summed E-state index contributed by atoms with van der Waals surface area (Å²) < 4.78 is 11.1. The third-order valence-corrected chi connectivity index (χ3v) is 7.29. The largest absolute Gasteiger partial charge is 0.390 e. The second kappa shape index (κ2) is 11.6. The highest BCUT2D eigenvalue weighted by atomic mass is 32.1. The quantitative estimate of drug-likeness (QED) is 0.420. The molecule has 11 heteroatoms. The number of aliphatic hydroxyl groups is 1. The highest BCUT2D eigenvalue weighted by Crippen LogP contribution is 2.27. The highest BCUT2D eigenvalue weighted by Gasteiger charge is 2.28. The molecule has 0 radical (unpaired) electrons. The van der Waals surface area contributed by atoms with Gasteiger partial charge in [-0.05, 0) is 43.7 Å². The first-order valence-corrected chi connectivity index (χ1v) is 13.5. The van der Waals surface area contributed by atoms with Crippen LogP contribution in [0.1, 0.15) is 35.7 Å². The van der Waals surface area contributed by atoms with Crippen molar-refractivity contribution in [2.45, 2.75) is 38.1 Å². The summed E-state index contributed by atoms with van der Waals surface area (Å²) in [6.07, 6.45) is -0.333. The van der Waals surface area contributed by atoms with Gasteiger partial charge in [-0.2, -0.15) is 0 Å². The number of ether oxygens (including phenoxy) is 2. The first kappa shape index (κ1) is 26.2. The van der Waals surface area contributed by atoms with Crippen LogP contribution in [0, 0.1) is 0 Å². The number of hydrogen-bond acceptors (Lipinski definition) is 9. The van der Waals surface area contributed by atoms with Crippen LogP contribution in [0.15, 0.2) is 47.8 Å². The molecule has 5 rings (SSSR count). The minimum Gasteiger partial charge on any atom is -0.390 e. The highest BCUT2D eigenvalue weighted by molar-refractivity contribution is 7.14. The van der Waals surface area contributed by atoms with Gasteiger partial charge in [-0.3, -0.25) is 9.59 Å². The second-order valence-electron chi connectivity index (χ2n) is 9.65. The Bertz CT molecular complexity index is 1290. The van der Waals surface area contributed by atoms with Crippen LogP contribution in [-0.4, -0.2) is 78.0 Å². The molecule has 2 amide bonds. The summed E-state index contributed by atoms with van der Waals surface area (Å²) in [4.78, 5) is 36.6. The minimum atomic E-state index is -0.591. The van der Waals surface area contributed by atoms with E-state index < -0.39 is 6.10 Å². The number of hydrogen-bond donors (Lipinski definition) is 3. The molecule has 0 unspecified atom stereocenters. The van der Waals surface area contributed by atoms with E-state index in [0.717, 1.165) is 30.2 Å². The van der Waals surface area contributed by atoms with Crippen LogP contribution in [0.2, 0.25) is 0 Å². The lowest BCUT2D eigenvalue weighted by atomic mass is 9.94. The van der Waals surface area contributed by atoms with Crippen molar-refractivity contribution in [3.63, 3.8) is 0 Å². The first-order valence-electron chi connectivity index (χ1n) is 12.6. The van der Waals surface area contributed by atoms with Crippen LogP contribution in [0.3, 0.4) is 0 Å². The Labute approximate surface area is 225 Å². The zero-order valence-electron chi connectivity index (χ0n) is 21.3. The van der Waals surface area contributed by atoms with Crippen molar-refractivity contribution in [1.82, 2.24) is 15.3 Å². The molecule has 1 aromatic carbocycles. The van der Waals surface area contributed by atoms with Gasteiger partial charge in [-0.1, -0.05) is 18.2 Å². The maximum Gasteiger partial charge on any atom is 0.251 e. The molecule has 2 saturated heterocycles. The molecule has 2 aliphatic heterocycles. The topological polar surface area (TPSA) is 126 Å². The number of carbonyl (C=O) groups is 2. The van der Waals surface area contributed by atoms with Gasteiger partial charge in [0, 0.05) is 30.0 Å². The van der Waals surface area contributed by atoms with E-state index in [9.17, 15) is 14.7 Å². The Morgan fingerprint density at radius 1 is 1.08 bits per heavy atom. The Kier molecular flexibility index (Phi) is 7.98. The first-order chi connectivity index (χ1) is 18.4. The summed E-state index contributed by atoms with van der Waals surface area (Å²) in [6.45, 7) is 6.15. The van der Waals surface area contributed by atoms with Crippen LogP contribution < -0.4 is 15.5 Å². The summed E-state index contributed by atoms with van der Waals surface area (Å²) in [5.74, 6) is -0.0535. The Morgan fingerprint density at radius 3 is 2.63 bits per heavy atom. The molecular formula is C27H31N5O5S. The number of benzene rings is 1. The predicted octanol–water partition coefficient (Wildman–Crippen LogP) is 2.66. The number of aromatic nitrogens is 2. The standard InChI is InChI=1S/C27H31N5O5S/c1-16-11-32(12-17(2)37-16)24-8-4-7-21(29-24)22-15-38-27(30-22)31-25(34)10-28-26(35)19-6-3-5-18(9-19)20-13-36-14-23(20)33/h3-9,15-17,20,23,33H,10-14H2,1-2H3,(H,28,35)(H,30,31,34)/t16-,17+,20-,23-/m1/s1. The Morgan fingerprint density at radius 2 is 1.87 bits per heavy atom. The number of rotatable bonds is 7. The average molecular weight is 538 g/mol. The van der Waals surface area contributed by atoms with Gasteiger partial charge in [-0.25, -0.2) is 9.97 Å². The number of nitrogens with zero attached hydrogens (tertiary/aromatic N) is 3. The molecule has 3 N–H and O–H groups in total. The normalized spacial score (nSPS) is 23.3. The number of amides is 2. The van der Waals surface area contributed by atoms with E-state index in [0.29, 0.717) is 23.0 Å². The van der Waals surface area contributed by atoms with Gasteiger partial charge < -0.3 is 30.1 Å². The van der Waals surface area contributed by atoms with Gasteiger partial charge in [0.25, 0.3) is 5.91 Å². The molecule has 0 bridgehead atoms. The van der Waals surface area contributed by atoms with Crippen molar-refractivity contribution >= 4 is 34.1 Å². The van der Waals surface area contributed by atoms with Crippen molar-refractivity contribution in [3.05, 3.63) is 59.0 Å². The molecule has 38 heavy (non-hydrogen) atoms. The fourth-order valence-corrected chi connectivity index (χ4v) is 5.47. The third-order valence-electron chi connectivity index (χ3n) is 6.53. The lowest BCUT2D eigenvalue weighted by molar-refractivity contribution is -0.115. The number of thiazole rings is 1. The Balaban J connectivity index is 1.16. The van der Waals surface area contributed by atoms with Crippen LogP contribution in [0.4, 0.5) is 10.9 Å². The molecule has 2 aliphatic rings. The molecule has 10 nitrogen and oxygen atoms in total. The molecule has 0 spiro atoms. The monoisotopic (exact) mass is 537 g/mol. The van der Waals surface area contributed by atoms with E-state index in [1.54, 1.807) is 18.2 Å². The molecule has 2 fully saturated rings. The van der Waals surface area contributed by atoms with Crippen molar-refractivity contribution in [2.24, 2.45) is 0 Å². The molecule has 200 valence electrons. The summed E-state index contributed by atoms with van der Waals surface area (Å²) in [7, 11) is 0. The SMILES string of the molecule is C[C@@H]1CN(c2cccc(-c3csc(NC(=O)CNC(=O)c4cccc([C@H]5COC[C@H]5O)c4)n3)n2)C[C@H](C)O1. The Hall–Kier alpha value is -3.38. The number of aliphatic hydroxyl groups excluding tert-OH is 1. The van der Waals surface area contributed by atoms with E-state index in [4.69, 9.17) is 14.5 Å². The maximum atomic E-state index is 12.6. The lowest BCUT2D eigenvalue weighted by Crippen LogP contribution is -2.45. The van der Waals surface area contributed by atoms with Crippen molar-refractivity contribution in [3.8, 4) is 11.4 Å². The maximum absolute atomic E-state index is 12.6. The third kappa shape index (κ3) is 6.18. The van der Waals surface area contributed by atoms with E-state index in [2.05, 4.69) is 34.4 Å². The number of nitrogens with one attached hydrogen (secondary N) is 2. The number of pyridine rings is 1. The van der Waals surface area contributed by atoms with Gasteiger partial charge in [0.15, 0.2) is 5.13 Å². The lowest BCUT2D eigenvalue weighted by Gasteiger charge is -2.36. The van der Waals surface area contributed by atoms with Gasteiger partial charge in [0.2, 0.25) is 5.91 Å². The van der Waals surface area contributed by atoms with Gasteiger partial charge in [0.1, 0.15) is 11.5 Å². The van der Waals surface area contributed by atoms with E-state index in [1.807, 2.05) is 29.6 Å². The van der Waals surface area contributed by atoms with Crippen molar-refractivity contribution in [1.29, 1.82) is 0 Å². The zero-order valence-corrected chi connectivity index (χ0v) is 22.1. The fraction of sp³-hybridized carbons (Fsp3) is 0.407. The summed E-state index contributed by atoms with van der Waals surface area (Å²) >= 11 is 1.30. The van der Waals surface area contributed by atoms with Crippen molar-refractivity contribution < 1.29 is 24.2 Å². The molecule has 3 aromatic rings. The second-order valence-corrected chi connectivity index (χ2v) is 10.5.